The third kappa shape index (κ3) is 2.80. The summed E-state index contributed by atoms with van der Waals surface area (Å²) in [6.45, 7) is 5.61. The second-order valence-corrected chi connectivity index (χ2v) is 5.50. The lowest BCUT2D eigenvalue weighted by Crippen LogP contribution is -2.48. The summed E-state index contributed by atoms with van der Waals surface area (Å²) in [5, 5.41) is 0. The lowest BCUT2D eigenvalue weighted by Gasteiger charge is -2.39. The zero-order chi connectivity index (χ0) is 13.3. The Bertz CT molecular complexity index is 420. The second-order valence-electron chi connectivity index (χ2n) is 5.50. The molecule has 0 aromatic heterocycles. The zero-order valence-electron chi connectivity index (χ0n) is 10.9. The SMILES string of the molecule is CC(C)C1CC(N)CN(c2cc(F)ccc2F)C1. The molecule has 0 aliphatic carbocycles. The standard InChI is InChI=1S/C14H20F2N2/c1-9(2)10-5-12(17)8-18(7-10)14-6-11(15)3-4-13(14)16/h3-4,6,9-10,12H,5,7-8,17H2,1-2H3. The lowest BCUT2D eigenvalue weighted by atomic mass is 9.85. The van der Waals surface area contributed by atoms with Crippen LogP contribution >= 0.6 is 0 Å². The van der Waals surface area contributed by atoms with Gasteiger partial charge in [-0.3, -0.25) is 0 Å². The van der Waals surface area contributed by atoms with E-state index >= 15 is 0 Å². The first-order chi connectivity index (χ1) is 8.47. The molecule has 0 bridgehead atoms. The van der Waals surface area contributed by atoms with Gasteiger partial charge >= 0.3 is 0 Å². The van der Waals surface area contributed by atoms with E-state index in [2.05, 4.69) is 13.8 Å². The zero-order valence-corrected chi connectivity index (χ0v) is 10.9. The normalized spacial score (nSPS) is 24.7. The Kier molecular flexibility index (Phi) is 3.85. The fourth-order valence-electron chi connectivity index (χ4n) is 2.59. The van der Waals surface area contributed by atoms with Gasteiger partial charge in [0.05, 0.1) is 5.69 Å². The molecule has 18 heavy (non-hydrogen) atoms. The van der Waals surface area contributed by atoms with Gasteiger partial charge in [0, 0.05) is 25.2 Å². The highest BCUT2D eigenvalue weighted by Gasteiger charge is 2.28. The Morgan fingerprint density at radius 3 is 2.67 bits per heavy atom. The van der Waals surface area contributed by atoms with Crippen molar-refractivity contribution in [1.82, 2.24) is 0 Å². The molecular weight excluding hydrogens is 234 g/mol. The molecule has 0 saturated carbocycles. The van der Waals surface area contributed by atoms with Gasteiger partial charge in [-0.15, -0.1) is 0 Å². The molecule has 4 heteroatoms. The van der Waals surface area contributed by atoms with Crippen molar-refractivity contribution < 1.29 is 8.78 Å². The molecule has 1 aliphatic rings. The van der Waals surface area contributed by atoms with Crippen LogP contribution in [0.2, 0.25) is 0 Å². The Balaban J connectivity index is 2.23. The van der Waals surface area contributed by atoms with Crippen molar-refractivity contribution in [3.8, 4) is 0 Å². The van der Waals surface area contributed by atoms with Crippen molar-refractivity contribution >= 4 is 5.69 Å². The Morgan fingerprint density at radius 1 is 1.28 bits per heavy atom. The van der Waals surface area contributed by atoms with E-state index in [1.54, 1.807) is 0 Å². The topological polar surface area (TPSA) is 29.3 Å². The number of rotatable bonds is 2. The summed E-state index contributed by atoms with van der Waals surface area (Å²) in [6, 6.07) is 3.59. The van der Waals surface area contributed by atoms with Gasteiger partial charge < -0.3 is 10.6 Å². The van der Waals surface area contributed by atoms with Crippen molar-refractivity contribution in [1.29, 1.82) is 0 Å². The van der Waals surface area contributed by atoms with Crippen LogP contribution in [0.1, 0.15) is 20.3 Å². The van der Waals surface area contributed by atoms with Gasteiger partial charge in [-0.05, 0) is 30.4 Å². The number of benzene rings is 1. The van der Waals surface area contributed by atoms with Crippen LogP contribution in [0, 0.1) is 23.5 Å². The maximum Gasteiger partial charge on any atom is 0.146 e. The first-order valence-corrected chi connectivity index (χ1v) is 6.43. The molecule has 100 valence electrons. The summed E-state index contributed by atoms with van der Waals surface area (Å²) in [4.78, 5) is 1.87. The molecule has 0 radical (unpaired) electrons. The number of halogens is 2. The molecule has 2 rings (SSSR count). The molecule has 2 unspecified atom stereocenters. The number of hydrogen-bond donors (Lipinski definition) is 1. The molecule has 1 aromatic carbocycles. The Labute approximate surface area is 107 Å². The Morgan fingerprint density at radius 2 is 2.00 bits per heavy atom. The molecule has 2 atom stereocenters. The molecule has 1 saturated heterocycles. The maximum absolute atomic E-state index is 13.8. The van der Waals surface area contributed by atoms with Crippen molar-refractivity contribution in [3.05, 3.63) is 29.8 Å². The predicted molar refractivity (Wildman–Crippen MR) is 69.5 cm³/mol. The van der Waals surface area contributed by atoms with Crippen molar-refractivity contribution in [2.24, 2.45) is 17.6 Å². The minimum atomic E-state index is -0.411. The van der Waals surface area contributed by atoms with E-state index in [4.69, 9.17) is 5.73 Å². The molecule has 2 nitrogen and oxygen atoms in total. The lowest BCUT2D eigenvalue weighted by molar-refractivity contribution is 0.297. The van der Waals surface area contributed by atoms with Gasteiger partial charge in [-0.25, -0.2) is 8.78 Å². The van der Waals surface area contributed by atoms with Crippen molar-refractivity contribution in [2.45, 2.75) is 26.3 Å². The van der Waals surface area contributed by atoms with E-state index in [9.17, 15) is 8.78 Å². The number of piperidine rings is 1. The van der Waals surface area contributed by atoms with Crippen LogP contribution in [0.25, 0.3) is 0 Å². The highest BCUT2D eigenvalue weighted by Crippen LogP contribution is 2.29. The molecule has 0 spiro atoms. The van der Waals surface area contributed by atoms with E-state index in [0.29, 0.717) is 24.1 Å². The van der Waals surface area contributed by atoms with Gasteiger partial charge in [0.25, 0.3) is 0 Å². The molecule has 1 aliphatic heterocycles. The number of nitrogens with two attached hydrogens (primary N) is 1. The quantitative estimate of drug-likeness (QED) is 0.879. The molecule has 0 amide bonds. The third-order valence-corrected chi connectivity index (χ3v) is 3.71. The first-order valence-electron chi connectivity index (χ1n) is 6.43. The molecular formula is C14H20F2N2. The van der Waals surface area contributed by atoms with Gasteiger partial charge in [0.15, 0.2) is 0 Å². The second kappa shape index (κ2) is 5.22. The van der Waals surface area contributed by atoms with Crippen LogP contribution in [-0.2, 0) is 0 Å². The average Bonchev–Trinajstić information content (AvgIpc) is 2.31. The minimum absolute atomic E-state index is 0.0221. The van der Waals surface area contributed by atoms with Crippen LogP contribution in [0.5, 0.6) is 0 Å². The number of nitrogens with zero attached hydrogens (tertiary/aromatic N) is 1. The summed E-state index contributed by atoms with van der Waals surface area (Å²) in [5.41, 5.74) is 6.35. The molecule has 1 fully saturated rings. The van der Waals surface area contributed by atoms with Crippen LogP contribution in [0.15, 0.2) is 18.2 Å². The van der Waals surface area contributed by atoms with E-state index < -0.39 is 5.82 Å². The Hall–Kier alpha value is -1.16. The van der Waals surface area contributed by atoms with Gasteiger partial charge in [0.1, 0.15) is 11.6 Å². The minimum Gasteiger partial charge on any atom is -0.367 e. The number of anilines is 1. The van der Waals surface area contributed by atoms with E-state index in [0.717, 1.165) is 19.0 Å². The van der Waals surface area contributed by atoms with Crippen LogP contribution < -0.4 is 10.6 Å². The molecule has 2 N–H and O–H groups in total. The predicted octanol–water partition coefficient (Wildman–Crippen LogP) is 2.77. The summed E-state index contributed by atoms with van der Waals surface area (Å²) in [7, 11) is 0. The van der Waals surface area contributed by atoms with Gasteiger partial charge in [-0.2, -0.15) is 0 Å². The monoisotopic (exact) mass is 254 g/mol. The fourth-order valence-corrected chi connectivity index (χ4v) is 2.59. The number of hydrogen-bond acceptors (Lipinski definition) is 2. The smallest absolute Gasteiger partial charge is 0.146 e. The van der Waals surface area contributed by atoms with Crippen molar-refractivity contribution in [3.63, 3.8) is 0 Å². The van der Waals surface area contributed by atoms with Crippen LogP contribution in [0.3, 0.4) is 0 Å². The summed E-state index contributed by atoms with van der Waals surface area (Å²) >= 11 is 0. The van der Waals surface area contributed by atoms with Gasteiger partial charge in [-0.1, -0.05) is 13.8 Å². The first kappa shape index (κ1) is 13.3. The fraction of sp³-hybridized carbons (Fsp3) is 0.571. The summed E-state index contributed by atoms with van der Waals surface area (Å²) < 4.78 is 27.0. The van der Waals surface area contributed by atoms with Crippen LogP contribution in [-0.4, -0.2) is 19.1 Å². The van der Waals surface area contributed by atoms with E-state index in [1.165, 1.54) is 12.1 Å². The molecule has 1 heterocycles. The third-order valence-electron chi connectivity index (χ3n) is 3.71. The van der Waals surface area contributed by atoms with Crippen LogP contribution in [0.4, 0.5) is 14.5 Å². The van der Waals surface area contributed by atoms with Gasteiger partial charge in [0.2, 0.25) is 0 Å². The van der Waals surface area contributed by atoms with E-state index in [1.807, 2.05) is 4.90 Å². The average molecular weight is 254 g/mol. The van der Waals surface area contributed by atoms with E-state index in [-0.39, 0.29) is 11.9 Å². The molecule has 1 aromatic rings. The summed E-state index contributed by atoms with van der Waals surface area (Å²) in [5.74, 6) is 0.131. The largest absolute Gasteiger partial charge is 0.367 e. The highest BCUT2D eigenvalue weighted by atomic mass is 19.1. The highest BCUT2D eigenvalue weighted by molar-refractivity contribution is 5.48. The van der Waals surface area contributed by atoms with Crippen molar-refractivity contribution in [2.75, 3.05) is 18.0 Å². The summed E-state index contributed by atoms with van der Waals surface area (Å²) in [6.07, 6.45) is 0.950. The maximum atomic E-state index is 13.8.